The third kappa shape index (κ3) is 7.49. The van der Waals surface area contributed by atoms with Crippen molar-refractivity contribution < 1.29 is 34.6 Å². The summed E-state index contributed by atoms with van der Waals surface area (Å²) in [6.45, 7) is -0.286. The van der Waals surface area contributed by atoms with Crippen molar-refractivity contribution in [2.45, 2.75) is 37.6 Å². The SMILES string of the molecule is OCCC(O)C(O)(OCCOCc1ccccc1)C(CO)OCc1ccccc1. The molecular formula is C22H30O7. The highest BCUT2D eigenvalue weighted by Crippen LogP contribution is 2.24. The molecule has 0 fully saturated rings. The molecule has 0 spiro atoms. The van der Waals surface area contributed by atoms with Gasteiger partial charge in [0.15, 0.2) is 0 Å². The second-order valence-electron chi connectivity index (χ2n) is 6.63. The lowest BCUT2D eigenvalue weighted by atomic mass is 10.0. The summed E-state index contributed by atoms with van der Waals surface area (Å²) >= 11 is 0. The Balaban J connectivity index is 1.92. The molecule has 0 saturated carbocycles. The molecule has 3 atom stereocenters. The quantitative estimate of drug-likeness (QED) is 0.276. The van der Waals surface area contributed by atoms with Crippen LogP contribution < -0.4 is 0 Å². The van der Waals surface area contributed by atoms with Crippen molar-refractivity contribution in [1.29, 1.82) is 0 Å². The van der Waals surface area contributed by atoms with Crippen molar-refractivity contribution in [2.24, 2.45) is 0 Å². The van der Waals surface area contributed by atoms with Crippen LogP contribution in [0.1, 0.15) is 17.5 Å². The summed E-state index contributed by atoms with van der Waals surface area (Å²) in [5.41, 5.74) is 1.85. The second-order valence-corrected chi connectivity index (χ2v) is 6.63. The number of hydrogen-bond donors (Lipinski definition) is 4. The van der Waals surface area contributed by atoms with Crippen LogP contribution in [0, 0.1) is 0 Å². The van der Waals surface area contributed by atoms with E-state index in [1.807, 2.05) is 60.7 Å². The zero-order valence-corrected chi connectivity index (χ0v) is 16.4. The summed E-state index contributed by atoms with van der Waals surface area (Å²) in [4.78, 5) is 0. The van der Waals surface area contributed by atoms with Crippen molar-refractivity contribution in [3.63, 3.8) is 0 Å². The molecule has 0 saturated heterocycles. The summed E-state index contributed by atoms with van der Waals surface area (Å²) in [6, 6.07) is 18.9. The first-order valence-corrected chi connectivity index (χ1v) is 9.63. The van der Waals surface area contributed by atoms with Crippen LogP contribution in [0.3, 0.4) is 0 Å². The normalized spacial score (nSPS) is 15.6. The summed E-state index contributed by atoms with van der Waals surface area (Å²) in [7, 11) is 0. The fourth-order valence-electron chi connectivity index (χ4n) is 2.84. The molecule has 29 heavy (non-hydrogen) atoms. The fourth-order valence-corrected chi connectivity index (χ4v) is 2.84. The Bertz CT molecular complexity index is 667. The number of hydrogen-bond acceptors (Lipinski definition) is 7. The molecule has 3 unspecified atom stereocenters. The molecule has 0 aliphatic carbocycles. The zero-order chi connectivity index (χ0) is 21.0. The average molecular weight is 406 g/mol. The van der Waals surface area contributed by atoms with Gasteiger partial charge in [-0.05, 0) is 11.1 Å². The molecule has 0 amide bonds. The van der Waals surface area contributed by atoms with E-state index in [-0.39, 0.29) is 32.8 Å². The zero-order valence-electron chi connectivity index (χ0n) is 16.4. The number of rotatable bonds is 14. The van der Waals surface area contributed by atoms with Crippen molar-refractivity contribution in [2.75, 3.05) is 26.4 Å². The van der Waals surface area contributed by atoms with Gasteiger partial charge in [-0.15, -0.1) is 0 Å². The molecule has 7 heteroatoms. The van der Waals surface area contributed by atoms with Gasteiger partial charge in [0, 0.05) is 13.0 Å². The van der Waals surface area contributed by atoms with Crippen molar-refractivity contribution in [3.05, 3.63) is 71.8 Å². The van der Waals surface area contributed by atoms with E-state index >= 15 is 0 Å². The van der Waals surface area contributed by atoms with Crippen molar-refractivity contribution >= 4 is 0 Å². The van der Waals surface area contributed by atoms with Gasteiger partial charge in [-0.1, -0.05) is 60.7 Å². The molecule has 0 aromatic heterocycles. The molecule has 0 bridgehead atoms. The average Bonchev–Trinajstić information content (AvgIpc) is 2.75. The molecule has 0 aliphatic rings. The maximum Gasteiger partial charge on any atom is 0.221 e. The summed E-state index contributed by atoms with van der Waals surface area (Å²) in [6.07, 6.45) is -2.79. The van der Waals surface area contributed by atoms with Crippen LogP contribution in [-0.2, 0) is 27.4 Å². The molecule has 4 N–H and O–H groups in total. The molecule has 0 aliphatic heterocycles. The third-order valence-electron chi connectivity index (χ3n) is 4.47. The van der Waals surface area contributed by atoms with E-state index in [9.17, 15) is 15.3 Å². The molecule has 0 radical (unpaired) electrons. The van der Waals surface area contributed by atoms with Crippen LogP contribution in [0.5, 0.6) is 0 Å². The number of ether oxygens (including phenoxy) is 3. The van der Waals surface area contributed by atoms with Gasteiger partial charge in [0.2, 0.25) is 5.79 Å². The van der Waals surface area contributed by atoms with Crippen LogP contribution in [0.4, 0.5) is 0 Å². The number of benzene rings is 2. The van der Waals surface area contributed by atoms with Gasteiger partial charge >= 0.3 is 0 Å². The fraction of sp³-hybridized carbons (Fsp3) is 0.455. The molecule has 2 rings (SSSR count). The van der Waals surface area contributed by atoms with Crippen LogP contribution in [0.15, 0.2) is 60.7 Å². The highest BCUT2D eigenvalue weighted by molar-refractivity contribution is 5.14. The standard InChI is InChI=1S/C22H30O7/c23-12-11-20(25)22(26,21(15-24)28-17-19-9-5-2-6-10-19)29-14-13-27-16-18-7-3-1-4-8-18/h1-10,20-21,23-26H,11-17H2. The number of aliphatic hydroxyl groups is 4. The lowest BCUT2D eigenvalue weighted by molar-refractivity contribution is -0.318. The topological polar surface area (TPSA) is 109 Å². The predicted molar refractivity (Wildman–Crippen MR) is 107 cm³/mol. The van der Waals surface area contributed by atoms with Gasteiger partial charge in [0.25, 0.3) is 0 Å². The smallest absolute Gasteiger partial charge is 0.221 e. The predicted octanol–water partition coefficient (Wildman–Crippen LogP) is 1.23. The lowest BCUT2D eigenvalue weighted by Gasteiger charge is -2.38. The maximum atomic E-state index is 10.9. The van der Waals surface area contributed by atoms with Crippen LogP contribution in [0.25, 0.3) is 0 Å². The van der Waals surface area contributed by atoms with E-state index in [4.69, 9.17) is 19.3 Å². The molecule has 2 aromatic rings. The van der Waals surface area contributed by atoms with Gasteiger partial charge in [-0.2, -0.15) is 0 Å². The summed E-state index contributed by atoms with van der Waals surface area (Å²) in [5.74, 6) is -2.19. The molecule has 0 heterocycles. The summed E-state index contributed by atoms with van der Waals surface area (Å²) in [5, 5.41) is 40.2. The molecule has 2 aromatic carbocycles. The highest BCUT2D eigenvalue weighted by Gasteiger charge is 2.45. The minimum Gasteiger partial charge on any atom is -0.396 e. The van der Waals surface area contributed by atoms with E-state index in [2.05, 4.69) is 0 Å². The van der Waals surface area contributed by atoms with Gasteiger partial charge in [-0.25, -0.2) is 0 Å². The second kappa shape index (κ2) is 12.7. The minimum atomic E-state index is -2.19. The van der Waals surface area contributed by atoms with E-state index in [1.165, 1.54) is 0 Å². The minimum absolute atomic E-state index is 0.0307. The Hall–Kier alpha value is -1.84. The monoisotopic (exact) mass is 406 g/mol. The first-order chi connectivity index (χ1) is 14.1. The maximum absolute atomic E-state index is 10.9. The van der Waals surface area contributed by atoms with Crippen LogP contribution in [-0.4, -0.2) is 64.8 Å². The van der Waals surface area contributed by atoms with Gasteiger partial charge in [0.05, 0.1) is 33.0 Å². The Morgan fingerprint density at radius 1 is 0.828 bits per heavy atom. The van der Waals surface area contributed by atoms with Crippen molar-refractivity contribution in [1.82, 2.24) is 0 Å². The van der Waals surface area contributed by atoms with E-state index in [0.29, 0.717) is 6.61 Å². The largest absolute Gasteiger partial charge is 0.396 e. The Kier molecular flexibility index (Phi) is 10.2. The molecule has 7 nitrogen and oxygen atoms in total. The van der Waals surface area contributed by atoms with E-state index in [0.717, 1.165) is 11.1 Å². The van der Waals surface area contributed by atoms with Gasteiger partial charge in [-0.3, -0.25) is 0 Å². The summed E-state index contributed by atoms with van der Waals surface area (Å²) < 4.78 is 16.7. The third-order valence-corrected chi connectivity index (χ3v) is 4.47. The van der Waals surface area contributed by atoms with Crippen molar-refractivity contribution in [3.8, 4) is 0 Å². The van der Waals surface area contributed by atoms with Crippen LogP contribution in [0.2, 0.25) is 0 Å². The Morgan fingerprint density at radius 2 is 1.41 bits per heavy atom. The van der Waals surface area contributed by atoms with E-state index in [1.54, 1.807) is 0 Å². The molecule has 160 valence electrons. The first-order valence-electron chi connectivity index (χ1n) is 9.63. The van der Waals surface area contributed by atoms with Gasteiger partial charge < -0.3 is 34.6 Å². The first kappa shape index (κ1) is 23.4. The van der Waals surface area contributed by atoms with Crippen LogP contribution >= 0.6 is 0 Å². The highest BCUT2D eigenvalue weighted by atomic mass is 16.7. The van der Waals surface area contributed by atoms with Gasteiger partial charge in [0.1, 0.15) is 12.2 Å². The molecular weight excluding hydrogens is 376 g/mol. The number of aliphatic hydroxyl groups excluding tert-OH is 3. The lowest BCUT2D eigenvalue weighted by Crippen LogP contribution is -2.57. The Labute approximate surface area is 171 Å². The Morgan fingerprint density at radius 3 is 1.97 bits per heavy atom. The van der Waals surface area contributed by atoms with E-state index < -0.39 is 24.6 Å².